The number of hydrogen-bond acceptors (Lipinski definition) is 3. The van der Waals surface area contributed by atoms with Crippen LogP contribution in [0, 0.1) is 0 Å². The van der Waals surface area contributed by atoms with Crippen molar-refractivity contribution in [2.75, 3.05) is 18.8 Å². The Morgan fingerprint density at radius 1 is 1.28 bits per heavy atom. The molecule has 0 bridgehead atoms. The third kappa shape index (κ3) is 3.47. The average molecular weight is 248 g/mol. The van der Waals surface area contributed by atoms with Crippen molar-refractivity contribution < 1.29 is 5.11 Å². The lowest BCUT2D eigenvalue weighted by molar-refractivity contribution is 0.0929. The molecule has 0 radical (unpaired) electrons. The topological polar surface area (TPSA) is 49.5 Å². The van der Waals surface area contributed by atoms with Crippen LogP contribution in [-0.2, 0) is 0 Å². The van der Waals surface area contributed by atoms with Crippen LogP contribution in [0.25, 0.3) is 0 Å². The summed E-state index contributed by atoms with van der Waals surface area (Å²) in [7, 11) is 0. The molecule has 2 rings (SSSR count). The highest BCUT2D eigenvalue weighted by atomic mass is 16.3. The fraction of sp³-hybridized carbons (Fsp3) is 0.600. The minimum Gasteiger partial charge on any atom is -0.399 e. The molecular formula is C15H24N2O. The first kappa shape index (κ1) is 13.4. The van der Waals surface area contributed by atoms with Gasteiger partial charge in [0.05, 0.1) is 6.10 Å². The quantitative estimate of drug-likeness (QED) is 0.808. The monoisotopic (exact) mass is 248 g/mol. The number of rotatable bonds is 3. The van der Waals surface area contributed by atoms with E-state index >= 15 is 0 Å². The van der Waals surface area contributed by atoms with Crippen molar-refractivity contribution in [1.29, 1.82) is 0 Å². The van der Waals surface area contributed by atoms with Gasteiger partial charge in [-0.3, -0.25) is 4.90 Å². The van der Waals surface area contributed by atoms with Gasteiger partial charge in [0.25, 0.3) is 0 Å². The second-order valence-corrected chi connectivity index (χ2v) is 5.38. The average Bonchev–Trinajstić information content (AvgIpc) is 2.56. The predicted octanol–water partition coefficient (Wildman–Crippen LogP) is 2.57. The maximum Gasteiger partial charge on any atom is 0.0917 e. The molecule has 1 heterocycles. The van der Waals surface area contributed by atoms with Gasteiger partial charge < -0.3 is 10.8 Å². The van der Waals surface area contributed by atoms with Gasteiger partial charge in [0.2, 0.25) is 0 Å². The number of nitrogens with two attached hydrogens (primary N) is 1. The third-order valence-electron chi connectivity index (χ3n) is 3.92. The van der Waals surface area contributed by atoms with Crippen molar-refractivity contribution in [1.82, 2.24) is 4.90 Å². The molecule has 1 aromatic rings. The summed E-state index contributed by atoms with van der Waals surface area (Å²) in [6, 6.07) is 8.12. The molecule has 0 amide bonds. The molecule has 1 aliphatic heterocycles. The van der Waals surface area contributed by atoms with Crippen LogP contribution in [0.2, 0.25) is 0 Å². The van der Waals surface area contributed by atoms with Gasteiger partial charge in [0.1, 0.15) is 0 Å². The Balaban J connectivity index is 1.97. The van der Waals surface area contributed by atoms with E-state index in [4.69, 9.17) is 5.73 Å². The summed E-state index contributed by atoms with van der Waals surface area (Å²) < 4.78 is 0. The molecule has 1 aromatic carbocycles. The summed E-state index contributed by atoms with van der Waals surface area (Å²) >= 11 is 0. The number of anilines is 1. The number of likely N-dealkylation sites (tertiary alicyclic amines) is 1. The maximum atomic E-state index is 10.3. The molecule has 2 unspecified atom stereocenters. The molecule has 0 saturated carbocycles. The van der Waals surface area contributed by atoms with E-state index in [0.717, 1.165) is 24.3 Å². The highest BCUT2D eigenvalue weighted by Crippen LogP contribution is 2.21. The van der Waals surface area contributed by atoms with E-state index in [1.54, 1.807) is 0 Å². The van der Waals surface area contributed by atoms with Crippen molar-refractivity contribution in [2.24, 2.45) is 0 Å². The van der Waals surface area contributed by atoms with Gasteiger partial charge >= 0.3 is 0 Å². The number of aliphatic hydroxyl groups is 1. The third-order valence-corrected chi connectivity index (χ3v) is 3.92. The number of hydrogen-bond donors (Lipinski definition) is 2. The molecule has 1 fully saturated rings. The Labute approximate surface area is 110 Å². The minimum absolute atomic E-state index is 0.411. The Bertz CT molecular complexity index is 363. The lowest BCUT2D eigenvalue weighted by Gasteiger charge is -2.29. The molecule has 3 N–H and O–H groups in total. The van der Waals surface area contributed by atoms with Gasteiger partial charge in [-0.2, -0.15) is 0 Å². The fourth-order valence-electron chi connectivity index (χ4n) is 2.65. The maximum absolute atomic E-state index is 10.3. The fourth-order valence-corrected chi connectivity index (χ4v) is 2.65. The minimum atomic E-state index is -0.411. The Morgan fingerprint density at radius 3 is 2.72 bits per heavy atom. The molecular weight excluding hydrogens is 224 g/mol. The van der Waals surface area contributed by atoms with Gasteiger partial charge in [0.15, 0.2) is 0 Å². The molecule has 0 aliphatic carbocycles. The zero-order chi connectivity index (χ0) is 13.0. The zero-order valence-electron chi connectivity index (χ0n) is 11.2. The summed E-state index contributed by atoms with van der Waals surface area (Å²) in [5.74, 6) is 0. The van der Waals surface area contributed by atoms with E-state index in [-0.39, 0.29) is 0 Å². The molecule has 0 aromatic heterocycles. The summed E-state index contributed by atoms with van der Waals surface area (Å²) in [5, 5.41) is 10.3. The first-order valence-corrected chi connectivity index (χ1v) is 6.94. The van der Waals surface area contributed by atoms with Gasteiger partial charge in [-0.05, 0) is 44.0 Å². The van der Waals surface area contributed by atoms with Crippen LogP contribution in [0.4, 0.5) is 5.69 Å². The van der Waals surface area contributed by atoms with Gasteiger partial charge in [-0.15, -0.1) is 0 Å². The van der Waals surface area contributed by atoms with Crippen molar-refractivity contribution in [3.63, 3.8) is 0 Å². The molecule has 18 heavy (non-hydrogen) atoms. The molecule has 1 aliphatic rings. The van der Waals surface area contributed by atoms with E-state index in [1.165, 1.54) is 25.7 Å². The standard InChI is InChI=1S/C15H24N2O/c1-12-5-3-2-4-10-17(12)11-15(18)13-6-8-14(16)9-7-13/h6-9,12,15,18H,2-5,10-11,16H2,1H3. The lowest BCUT2D eigenvalue weighted by atomic mass is 10.1. The van der Waals surface area contributed by atoms with E-state index < -0.39 is 6.10 Å². The normalized spacial score (nSPS) is 23.6. The highest BCUT2D eigenvalue weighted by Gasteiger charge is 2.20. The summed E-state index contributed by atoms with van der Waals surface area (Å²) in [6.07, 6.45) is 4.72. The molecule has 3 heteroatoms. The summed E-state index contributed by atoms with van der Waals surface area (Å²) in [6.45, 7) is 4.10. The second-order valence-electron chi connectivity index (χ2n) is 5.38. The largest absolute Gasteiger partial charge is 0.399 e. The summed E-state index contributed by atoms with van der Waals surface area (Å²) in [5.41, 5.74) is 7.37. The van der Waals surface area contributed by atoms with Crippen LogP contribution < -0.4 is 5.73 Å². The predicted molar refractivity (Wildman–Crippen MR) is 75.3 cm³/mol. The Kier molecular flexibility index (Phi) is 4.61. The Hall–Kier alpha value is -1.06. The number of nitrogen functional groups attached to an aromatic ring is 1. The first-order valence-electron chi connectivity index (χ1n) is 6.94. The van der Waals surface area contributed by atoms with E-state index in [9.17, 15) is 5.11 Å². The van der Waals surface area contributed by atoms with Crippen LogP contribution in [0.15, 0.2) is 24.3 Å². The van der Waals surface area contributed by atoms with Gasteiger partial charge in [-0.1, -0.05) is 25.0 Å². The van der Waals surface area contributed by atoms with Gasteiger partial charge in [0, 0.05) is 18.3 Å². The van der Waals surface area contributed by atoms with E-state index in [1.807, 2.05) is 24.3 Å². The van der Waals surface area contributed by atoms with Gasteiger partial charge in [-0.25, -0.2) is 0 Å². The molecule has 2 atom stereocenters. The number of aliphatic hydroxyl groups excluding tert-OH is 1. The molecule has 100 valence electrons. The first-order chi connectivity index (χ1) is 8.66. The van der Waals surface area contributed by atoms with Crippen LogP contribution in [0.5, 0.6) is 0 Å². The molecule has 3 nitrogen and oxygen atoms in total. The number of benzene rings is 1. The molecule has 0 spiro atoms. The smallest absolute Gasteiger partial charge is 0.0917 e. The Morgan fingerprint density at radius 2 is 2.00 bits per heavy atom. The van der Waals surface area contributed by atoms with Crippen molar-refractivity contribution >= 4 is 5.69 Å². The lowest BCUT2D eigenvalue weighted by Crippen LogP contribution is -2.36. The van der Waals surface area contributed by atoms with Crippen molar-refractivity contribution in [2.45, 2.75) is 44.8 Å². The van der Waals surface area contributed by atoms with Crippen molar-refractivity contribution in [3.05, 3.63) is 29.8 Å². The SMILES string of the molecule is CC1CCCCCN1CC(O)c1ccc(N)cc1. The molecule has 1 saturated heterocycles. The summed E-state index contributed by atoms with van der Waals surface area (Å²) in [4.78, 5) is 2.41. The highest BCUT2D eigenvalue weighted by molar-refractivity contribution is 5.39. The van der Waals surface area contributed by atoms with E-state index in [2.05, 4.69) is 11.8 Å². The van der Waals surface area contributed by atoms with Crippen LogP contribution in [-0.4, -0.2) is 29.1 Å². The second kappa shape index (κ2) is 6.21. The number of nitrogens with zero attached hydrogens (tertiary/aromatic N) is 1. The number of β-amino-alcohol motifs (C(OH)–C–C–N with tert-alkyl or cyclic N) is 1. The van der Waals surface area contributed by atoms with Crippen molar-refractivity contribution in [3.8, 4) is 0 Å². The van der Waals surface area contributed by atoms with E-state index in [0.29, 0.717) is 6.04 Å². The van der Waals surface area contributed by atoms with Crippen LogP contribution in [0.1, 0.15) is 44.3 Å². The van der Waals surface area contributed by atoms with Crippen LogP contribution >= 0.6 is 0 Å². The van der Waals surface area contributed by atoms with Crippen LogP contribution in [0.3, 0.4) is 0 Å². The zero-order valence-corrected chi connectivity index (χ0v) is 11.2.